The van der Waals surface area contributed by atoms with Gasteiger partial charge in [0.05, 0.1) is 12.8 Å². The van der Waals surface area contributed by atoms with Gasteiger partial charge in [-0.3, -0.25) is 0 Å². The molecular formula is C11H15FN2O. The predicted octanol–water partition coefficient (Wildman–Crippen LogP) is 1.89. The van der Waals surface area contributed by atoms with Crippen molar-refractivity contribution in [2.75, 3.05) is 13.7 Å². The highest BCUT2D eigenvalue weighted by Crippen LogP contribution is 2.16. The molecular weight excluding hydrogens is 195 g/mol. The first-order chi connectivity index (χ1) is 7.27. The van der Waals surface area contributed by atoms with Gasteiger partial charge in [0.2, 0.25) is 5.88 Å². The number of hydrogen-bond acceptors (Lipinski definition) is 3. The summed E-state index contributed by atoms with van der Waals surface area (Å²) in [6, 6.07) is 1.42. The summed E-state index contributed by atoms with van der Waals surface area (Å²) >= 11 is 0. The molecule has 1 aromatic rings. The summed E-state index contributed by atoms with van der Waals surface area (Å²) in [4.78, 5) is 3.90. The number of rotatable bonds is 6. The topological polar surface area (TPSA) is 34.1 Å². The van der Waals surface area contributed by atoms with Crippen LogP contribution in [0.4, 0.5) is 4.39 Å². The Morgan fingerprint density at radius 3 is 3.13 bits per heavy atom. The average molecular weight is 210 g/mol. The van der Waals surface area contributed by atoms with Crippen molar-refractivity contribution in [3.05, 3.63) is 36.3 Å². The van der Waals surface area contributed by atoms with Gasteiger partial charge in [-0.1, -0.05) is 6.08 Å². The van der Waals surface area contributed by atoms with Crippen LogP contribution in [0.1, 0.15) is 12.0 Å². The van der Waals surface area contributed by atoms with Crippen molar-refractivity contribution in [1.82, 2.24) is 10.3 Å². The Balaban J connectivity index is 2.71. The molecule has 15 heavy (non-hydrogen) atoms. The number of nitrogens with one attached hydrogen (secondary N) is 1. The predicted molar refractivity (Wildman–Crippen MR) is 57.3 cm³/mol. The highest BCUT2D eigenvalue weighted by atomic mass is 19.1. The molecule has 4 heteroatoms. The van der Waals surface area contributed by atoms with Gasteiger partial charge in [-0.2, -0.15) is 0 Å². The molecule has 0 atom stereocenters. The van der Waals surface area contributed by atoms with Gasteiger partial charge in [-0.05, 0) is 19.5 Å². The van der Waals surface area contributed by atoms with Crippen molar-refractivity contribution in [1.29, 1.82) is 0 Å². The van der Waals surface area contributed by atoms with Crippen molar-refractivity contribution in [2.45, 2.75) is 13.0 Å². The maximum atomic E-state index is 12.9. The first-order valence-corrected chi connectivity index (χ1v) is 4.80. The molecule has 0 aliphatic rings. The molecule has 1 heterocycles. The summed E-state index contributed by atoms with van der Waals surface area (Å²) in [6.45, 7) is 4.64. The normalized spacial score (nSPS) is 10.0. The molecule has 0 saturated heterocycles. The summed E-state index contributed by atoms with van der Waals surface area (Å²) in [5, 5.41) is 2.94. The maximum Gasteiger partial charge on any atom is 0.218 e. The van der Waals surface area contributed by atoms with Gasteiger partial charge in [0.15, 0.2) is 0 Å². The van der Waals surface area contributed by atoms with Gasteiger partial charge < -0.3 is 10.1 Å². The molecule has 0 unspecified atom stereocenters. The Labute approximate surface area is 89.0 Å². The molecule has 1 N–H and O–H groups in total. The Kier molecular flexibility index (Phi) is 4.77. The molecule has 82 valence electrons. The third-order valence-corrected chi connectivity index (χ3v) is 1.82. The van der Waals surface area contributed by atoms with Crippen molar-refractivity contribution in [2.24, 2.45) is 0 Å². The van der Waals surface area contributed by atoms with E-state index in [0.717, 1.165) is 18.2 Å². The molecule has 1 rings (SSSR count). The Morgan fingerprint density at radius 2 is 2.47 bits per heavy atom. The van der Waals surface area contributed by atoms with Gasteiger partial charge >= 0.3 is 0 Å². The van der Waals surface area contributed by atoms with E-state index >= 15 is 0 Å². The van der Waals surface area contributed by atoms with Crippen LogP contribution in [0, 0.1) is 5.82 Å². The van der Waals surface area contributed by atoms with Gasteiger partial charge in [-0.25, -0.2) is 9.37 Å². The minimum Gasteiger partial charge on any atom is -0.477 e. The average Bonchev–Trinajstić information content (AvgIpc) is 2.22. The van der Waals surface area contributed by atoms with Crippen LogP contribution in [0.3, 0.4) is 0 Å². The summed E-state index contributed by atoms with van der Waals surface area (Å²) in [5.74, 6) is 0.129. The summed E-state index contributed by atoms with van der Waals surface area (Å²) < 4.78 is 18.3. The van der Waals surface area contributed by atoms with Crippen molar-refractivity contribution >= 4 is 0 Å². The van der Waals surface area contributed by atoms with Crippen molar-refractivity contribution < 1.29 is 9.13 Å². The number of ether oxygens (including phenoxy) is 1. The second-order valence-corrected chi connectivity index (χ2v) is 3.07. The lowest BCUT2D eigenvalue weighted by molar-refractivity contribution is 0.307. The largest absolute Gasteiger partial charge is 0.477 e. The second kappa shape index (κ2) is 6.14. The van der Waals surface area contributed by atoms with Crippen LogP contribution in [0.5, 0.6) is 5.88 Å². The van der Waals surface area contributed by atoms with E-state index in [9.17, 15) is 4.39 Å². The molecule has 0 saturated carbocycles. The first kappa shape index (κ1) is 11.7. The fourth-order valence-corrected chi connectivity index (χ4v) is 1.15. The highest BCUT2D eigenvalue weighted by Gasteiger charge is 2.05. The zero-order valence-electron chi connectivity index (χ0n) is 8.79. The lowest BCUT2D eigenvalue weighted by Crippen LogP contribution is -2.09. The van der Waals surface area contributed by atoms with E-state index < -0.39 is 0 Å². The second-order valence-electron chi connectivity index (χ2n) is 3.07. The molecule has 0 radical (unpaired) electrons. The Morgan fingerprint density at radius 1 is 1.67 bits per heavy atom. The van der Waals surface area contributed by atoms with Crippen LogP contribution in [-0.2, 0) is 6.54 Å². The number of aromatic nitrogens is 1. The van der Waals surface area contributed by atoms with Crippen LogP contribution >= 0.6 is 0 Å². The molecule has 0 fully saturated rings. The standard InChI is InChI=1S/C11H15FN2O/c1-3-4-5-15-11-9(7-13-2)6-10(12)8-14-11/h3,6,8,13H,1,4-5,7H2,2H3. The fraction of sp³-hybridized carbons (Fsp3) is 0.364. The van der Waals surface area contributed by atoms with E-state index in [-0.39, 0.29) is 5.82 Å². The summed E-state index contributed by atoms with van der Waals surface area (Å²) in [7, 11) is 1.79. The minimum atomic E-state index is -0.351. The molecule has 1 aromatic heterocycles. The van der Waals surface area contributed by atoms with Crippen LogP contribution in [0.2, 0.25) is 0 Å². The van der Waals surface area contributed by atoms with Crippen LogP contribution in [0.15, 0.2) is 24.9 Å². The SMILES string of the molecule is C=CCCOc1ncc(F)cc1CNC. The Bertz CT molecular complexity index is 328. The summed E-state index contributed by atoms with van der Waals surface area (Å²) in [6.07, 6.45) is 3.67. The number of pyridine rings is 1. The van der Waals surface area contributed by atoms with Gasteiger partial charge in [0.25, 0.3) is 0 Å². The number of halogens is 1. The molecule has 3 nitrogen and oxygen atoms in total. The number of hydrogen-bond donors (Lipinski definition) is 1. The van der Waals surface area contributed by atoms with E-state index in [2.05, 4.69) is 16.9 Å². The minimum absolute atomic E-state index is 0.351. The van der Waals surface area contributed by atoms with E-state index in [1.54, 1.807) is 13.1 Å². The monoisotopic (exact) mass is 210 g/mol. The number of nitrogens with zero attached hydrogens (tertiary/aromatic N) is 1. The molecule has 0 aromatic carbocycles. The zero-order valence-corrected chi connectivity index (χ0v) is 8.79. The fourth-order valence-electron chi connectivity index (χ4n) is 1.15. The zero-order chi connectivity index (χ0) is 11.1. The van der Waals surface area contributed by atoms with Gasteiger partial charge in [0, 0.05) is 12.1 Å². The van der Waals surface area contributed by atoms with Gasteiger partial charge in [-0.15, -0.1) is 6.58 Å². The van der Waals surface area contributed by atoms with Crippen LogP contribution < -0.4 is 10.1 Å². The van der Waals surface area contributed by atoms with Gasteiger partial charge in [0.1, 0.15) is 5.82 Å². The third kappa shape index (κ3) is 3.67. The molecule has 0 spiro atoms. The van der Waals surface area contributed by atoms with E-state index in [0.29, 0.717) is 19.0 Å². The molecule has 0 amide bonds. The van der Waals surface area contributed by atoms with Crippen molar-refractivity contribution in [3.63, 3.8) is 0 Å². The Hall–Kier alpha value is -1.42. The van der Waals surface area contributed by atoms with Crippen molar-refractivity contribution in [3.8, 4) is 5.88 Å². The van der Waals surface area contributed by atoms with E-state index in [1.807, 2.05) is 0 Å². The highest BCUT2D eigenvalue weighted by molar-refractivity contribution is 5.26. The molecule has 0 aliphatic carbocycles. The third-order valence-electron chi connectivity index (χ3n) is 1.82. The van der Waals surface area contributed by atoms with E-state index in [1.165, 1.54) is 6.07 Å². The van der Waals surface area contributed by atoms with E-state index in [4.69, 9.17) is 4.74 Å². The molecule has 0 aliphatic heterocycles. The lowest BCUT2D eigenvalue weighted by atomic mass is 10.2. The maximum absolute atomic E-state index is 12.9. The molecule has 0 bridgehead atoms. The van der Waals surface area contributed by atoms with Crippen LogP contribution in [-0.4, -0.2) is 18.6 Å². The first-order valence-electron chi connectivity index (χ1n) is 4.80. The van der Waals surface area contributed by atoms with Crippen LogP contribution in [0.25, 0.3) is 0 Å². The quantitative estimate of drug-likeness (QED) is 0.575. The smallest absolute Gasteiger partial charge is 0.218 e. The lowest BCUT2D eigenvalue weighted by Gasteiger charge is -2.09. The summed E-state index contributed by atoms with van der Waals surface area (Å²) in [5.41, 5.74) is 0.724.